The summed E-state index contributed by atoms with van der Waals surface area (Å²) in [5.74, 6) is 1.34. The van der Waals surface area contributed by atoms with Crippen LogP contribution in [0.2, 0.25) is 0 Å². The molecule has 7 heteroatoms. The SMILES string of the molecule is O=C(NCCc1cnn(-c2ccccc2)c1)c1ccc(COc2ccc(Br)cc2)o1. The van der Waals surface area contributed by atoms with Crippen LogP contribution < -0.4 is 10.1 Å². The number of furan rings is 1. The molecule has 0 unspecified atom stereocenters. The maximum Gasteiger partial charge on any atom is 0.287 e. The average Bonchev–Trinajstić information content (AvgIpc) is 3.44. The summed E-state index contributed by atoms with van der Waals surface area (Å²) in [6.07, 6.45) is 4.45. The number of nitrogens with one attached hydrogen (secondary N) is 1. The molecule has 2 aromatic heterocycles. The predicted octanol–water partition coefficient (Wildman–Crippen LogP) is 4.78. The topological polar surface area (TPSA) is 69.3 Å². The molecule has 6 nitrogen and oxygen atoms in total. The maximum absolute atomic E-state index is 12.3. The number of aromatic nitrogens is 2. The van der Waals surface area contributed by atoms with E-state index in [1.165, 1.54) is 0 Å². The van der Waals surface area contributed by atoms with Crippen molar-refractivity contribution in [3.8, 4) is 11.4 Å². The molecule has 4 rings (SSSR count). The van der Waals surface area contributed by atoms with Crippen LogP contribution in [0.1, 0.15) is 21.9 Å². The standard InChI is InChI=1S/C23H20BrN3O3/c24-18-6-8-20(9-7-18)29-16-21-10-11-22(30-21)23(28)25-13-12-17-14-26-27(15-17)19-4-2-1-3-5-19/h1-11,14-15H,12-13,16H2,(H,25,28). The number of ether oxygens (including phenoxy) is 1. The van der Waals surface area contributed by atoms with E-state index < -0.39 is 0 Å². The lowest BCUT2D eigenvalue weighted by atomic mass is 10.2. The number of carbonyl (C=O) groups excluding carboxylic acids is 1. The minimum Gasteiger partial charge on any atom is -0.486 e. The van der Waals surface area contributed by atoms with Crippen molar-refractivity contribution in [2.75, 3.05) is 6.54 Å². The zero-order valence-corrected chi connectivity index (χ0v) is 17.7. The normalized spacial score (nSPS) is 10.7. The molecule has 1 N–H and O–H groups in total. The van der Waals surface area contributed by atoms with Gasteiger partial charge in [0.05, 0.1) is 11.9 Å². The van der Waals surface area contributed by atoms with Crippen molar-refractivity contribution in [3.05, 3.63) is 101 Å². The molecule has 0 spiro atoms. The molecule has 2 aromatic carbocycles. The van der Waals surface area contributed by atoms with Crippen LogP contribution in [0.15, 0.2) is 88.0 Å². The molecule has 1 amide bonds. The monoisotopic (exact) mass is 465 g/mol. The number of hydrogen-bond donors (Lipinski definition) is 1. The first kappa shape index (κ1) is 20.0. The van der Waals surface area contributed by atoms with E-state index in [0.717, 1.165) is 21.5 Å². The number of benzene rings is 2. The van der Waals surface area contributed by atoms with Crippen molar-refractivity contribution in [1.82, 2.24) is 15.1 Å². The second kappa shape index (κ2) is 9.45. The largest absolute Gasteiger partial charge is 0.486 e. The zero-order valence-electron chi connectivity index (χ0n) is 16.1. The van der Waals surface area contributed by atoms with Gasteiger partial charge in [0.2, 0.25) is 0 Å². The fourth-order valence-corrected chi connectivity index (χ4v) is 3.15. The highest BCUT2D eigenvalue weighted by atomic mass is 79.9. The molecule has 0 aliphatic heterocycles. The lowest BCUT2D eigenvalue weighted by Crippen LogP contribution is -2.25. The second-order valence-corrected chi connectivity index (χ2v) is 7.56. The van der Waals surface area contributed by atoms with E-state index in [1.807, 2.05) is 71.7 Å². The lowest BCUT2D eigenvalue weighted by Gasteiger charge is -2.04. The van der Waals surface area contributed by atoms with Gasteiger partial charge in [0.1, 0.15) is 18.1 Å². The van der Waals surface area contributed by atoms with Crippen molar-refractivity contribution in [3.63, 3.8) is 0 Å². The van der Waals surface area contributed by atoms with Crippen LogP contribution in [-0.4, -0.2) is 22.2 Å². The van der Waals surface area contributed by atoms with Gasteiger partial charge in [0.25, 0.3) is 5.91 Å². The molecule has 0 atom stereocenters. The van der Waals surface area contributed by atoms with Gasteiger partial charge in [-0.1, -0.05) is 34.1 Å². The van der Waals surface area contributed by atoms with Crippen LogP contribution in [0.3, 0.4) is 0 Å². The van der Waals surface area contributed by atoms with Gasteiger partial charge in [-0.3, -0.25) is 4.79 Å². The molecule has 0 fully saturated rings. The lowest BCUT2D eigenvalue weighted by molar-refractivity contribution is 0.0922. The number of hydrogen-bond acceptors (Lipinski definition) is 4. The van der Waals surface area contributed by atoms with Crippen LogP contribution >= 0.6 is 15.9 Å². The Bertz CT molecular complexity index is 1100. The van der Waals surface area contributed by atoms with Crippen molar-refractivity contribution >= 4 is 21.8 Å². The first-order valence-electron chi connectivity index (χ1n) is 9.51. The summed E-state index contributed by atoms with van der Waals surface area (Å²) in [4.78, 5) is 12.3. The fraction of sp³-hybridized carbons (Fsp3) is 0.130. The maximum atomic E-state index is 12.3. The van der Waals surface area contributed by atoms with Gasteiger partial charge in [-0.2, -0.15) is 5.10 Å². The van der Waals surface area contributed by atoms with E-state index in [-0.39, 0.29) is 18.3 Å². The highest BCUT2D eigenvalue weighted by Crippen LogP contribution is 2.18. The van der Waals surface area contributed by atoms with Gasteiger partial charge in [0, 0.05) is 17.2 Å². The summed E-state index contributed by atoms with van der Waals surface area (Å²) in [6.45, 7) is 0.748. The Kier molecular flexibility index (Phi) is 6.29. The highest BCUT2D eigenvalue weighted by molar-refractivity contribution is 9.10. The number of nitrogens with zero attached hydrogens (tertiary/aromatic N) is 2. The minimum absolute atomic E-state index is 0.250. The number of carbonyl (C=O) groups is 1. The zero-order chi connectivity index (χ0) is 20.8. The fourth-order valence-electron chi connectivity index (χ4n) is 2.88. The smallest absolute Gasteiger partial charge is 0.287 e. The summed E-state index contributed by atoms with van der Waals surface area (Å²) in [7, 11) is 0. The van der Waals surface area contributed by atoms with E-state index in [1.54, 1.807) is 12.1 Å². The Labute approximate surface area is 182 Å². The number of amides is 1. The number of para-hydroxylation sites is 1. The molecule has 0 aliphatic carbocycles. The van der Waals surface area contributed by atoms with Gasteiger partial charge in [-0.25, -0.2) is 4.68 Å². The molecule has 4 aromatic rings. The highest BCUT2D eigenvalue weighted by Gasteiger charge is 2.11. The Hall–Kier alpha value is -3.32. The molecule has 2 heterocycles. The Morgan fingerprint density at radius 2 is 1.87 bits per heavy atom. The first-order chi connectivity index (χ1) is 14.7. The first-order valence-corrected chi connectivity index (χ1v) is 10.3. The van der Waals surface area contributed by atoms with Gasteiger partial charge in [-0.15, -0.1) is 0 Å². The molecule has 0 saturated carbocycles. The molecular formula is C23H20BrN3O3. The van der Waals surface area contributed by atoms with Gasteiger partial charge < -0.3 is 14.5 Å². The van der Waals surface area contributed by atoms with Gasteiger partial charge >= 0.3 is 0 Å². The summed E-state index contributed by atoms with van der Waals surface area (Å²) >= 11 is 3.38. The number of halogens is 1. The molecule has 0 aliphatic rings. The van der Waals surface area contributed by atoms with Gasteiger partial charge in [0.15, 0.2) is 5.76 Å². The van der Waals surface area contributed by atoms with E-state index in [4.69, 9.17) is 9.15 Å². The Balaban J connectivity index is 1.25. The Morgan fingerprint density at radius 3 is 2.67 bits per heavy atom. The van der Waals surface area contributed by atoms with E-state index in [0.29, 0.717) is 18.7 Å². The van der Waals surface area contributed by atoms with E-state index in [9.17, 15) is 4.79 Å². The van der Waals surface area contributed by atoms with E-state index in [2.05, 4.69) is 26.3 Å². The summed E-state index contributed by atoms with van der Waals surface area (Å²) < 4.78 is 14.1. The second-order valence-electron chi connectivity index (χ2n) is 6.64. The third-order valence-corrected chi connectivity index (χ3v) is 4.96. The van der Waals surface area contributed by atoms with Crippen molar-refractivity contribution in [1.29, 1.82) is 0 Å². The third-order valence-electron chi connectivity index (χ3n) is 4.44. The molecule has 152 valence electrons. The van der Waals surface area contributed by atoms with Crippen LogP contribution in [0.4, 0.5) is 0 Å². The van der Waals surface area contributed by atoms with Crippen molar-refractivity contribution < 1.29 is 13.9 Å². The third kappa shape index (κ3) is 5.18. The van der Waals surface area contributed by atoms with Crippen LogP contribution in [0.25, 0.3) is 5.69 Å². The Morgan fingerprint density at radius 1 is 1.07 bits per heavy atom. The molecule has 0 saturated heterocycles. The number of rotatable bonds is 8. The van der Waals surface area contributed by atoms with Crippen LogP contribution in [0.5, 0.6) is 5.75 Å². The molecule has 30 heavy (non-hydrogen) atoms. The minimum atomic E-state index is -0.250. The van der Waals surface area contributed by atoms with Crippen molar-refractivity contribution in [2.45, 2.75) is 13.0 Å². The predicted molar refractivity (Wildman–Crippen MR) is 117 cm³/mol. The van der Waals surface area contributed by atoms with Crippen LogP contribution in [-0.2, 0) is 13.0 Å². The summed E-state index contributed by atoms with van der Waals surface area (Å²) in [5.41, 5.74) is 2.04. The van der Waals surface area contributed by atoms with Gasteiger partial charge in [-0.05, 0) is 60.5 Å². The summed E-state index contributed by atoms with van der Waals surface area (Å²) in [6, 6.07) is 20.8. The quantitative estimate of drug-likeness (QED) is 0.406. The average molecular weight is 466 g/mol. The molecule has 0 bridgehead atoms. The summed E-state index contributed by atoms with van der Waals surface area (Å²) in [5, 5.41) is 7.24. The van der Waals surface area contributed by atoms with Crippen molar-refractivity contribution in [2.24, 2.45) is 0 Å². The molecular weight excluding hydrogens is 446 g/mol. The van der Waals surface area contributed by atoms with E-state index >= 15 is 0 Å². The van der Waals surface area contributed by atoms with Crippen LogP contribution in [0, 0.1) is 0 Å². The molecule has 0 radical (unpaired) electrons.